The van der Waals surface area contributed by atoms with Gasteiger partial charge in [-0.1, -0.05) is 50.0 Å². The Morgan fingerprint density at radius 2 is 1.84 bits per heavy atom. The molecule has 2 aromatic carbocycles. The van der Waals surface area contributed by atoms with Crippen LogP contribution in [-0.2, 0) is 4.79 Å². The Kier molecular flexibility index (Phi) is 8.49. The second-order valence-electron chi connectivity index (χ2n) is 11.4. The fourth-order valence-electron chi connectivity index (χ4n) is 5.08. The number of halogens is 2. The van der Waals surface area contributed by atoms with Gasteiger partial charge in [-0.25, -0.2) is 14.6 Å². The molecule has 1 aliphatic rings. The second kappa shape index (κ2) is 12.1. The van der Waals surface area contributed by atoms with Crippen LogP contribution in [-0.4, -0.2) is 50.8 Å². The Morgan fingerprint density at radius 3 is 2.49 bits per heavy atom. The average Bonchev–Trinajstić information content (AvgIpc) is 3.38. The first kappa shape index (κ1) is 30.1. The van der Waals surface area contributed by atoms with Gasteiger partial charge in [0.05, 0.1) is 28.6 Å². The fraction of sp³-hybridized carbons (Fsp3) is 0.323. The number of ether oxygens (including phenoxy) is 2. The number of allylic oxidation sites excluding steroid dienone is 1. The topological polar surface area (TPSA) is 132 Å². The number of nitrogen functional groups attached to an aromatic ring is 1. The number of carbonyl (C=O) groups excluding carboxylic acids is 1. The Hall–Kier alpha value is -4.33. The molecule has 43 heavy (non-hydrogen) atoms. The summed E-state index contributed by atoms with van der Waals surface area (Å²) >= 11 is 12.2. The van der Waals surface area contributed by atoms with Crippen molar-refractivity contribution >= 4 is 46.0 Å². The van der Waals surface area contributed by atoms with Crippen molar-refractivity contribution in [1.29, 1.82) is 5.26 Å². The van der Waals surface area contributed by atoms with Crippen LogP contribution in [0.1, 0.15) is 39.7 Å². The van der Waals surface area contributed by atoms with Gasteiger partial charge in [0.15, 0.2) is 17.1 Å². The number of rotatable bonds is 6. The van der Waals surface area contributed by atoms with Crippen LogP contribution >= 0.6 is 23.2 Å². The summed E-state index contributed by atoms with van der Waals surface area (Å²) in [5.41, 5.74) is 8.19. The number of hydrogen-bond donors (Lipinski definition) is 1. The molecule has 10 nitrogen and oxygen atoms in total. The summed E-state index contributed by atoms with van der Waals surface area (Å²) in [5, 5.41) is 16.0. The molecule has 0 aliphatic carbocycles. The normalized spacial score (nSPS) is 14.5. The van der Waals surface area contributed by atoms with Crippen molar-refractivity contribution in [2.75, 3.05) is 25.9 Å². The van der Waals surface area contributed by atoms with Crippen LogP contribution < -0.4 is 15.2 Å². The Morgan fingerprint density at radius 1 is 1.09 bits per heavy atom. The van der Waals surface area contributed by atoms with Crippen molar-refractivity contribution in [2.45, 2.75) is 39.7 Å². The van der Waals surface area contributed by atoms with Crippen molar-refractivity contribution < 1.29 is 14.3 Å². The molecule has 4 aromatic rings. The van der Waals surface area contributed by atoms with Gasteiger partial charge in [-0.3, -0.25) is 4.79 Å². The minimum atomic E-state index is -0.278. The molecule has 0 spiro atoms. The molecule has 0 bridgehead atoms. The number of methoxy groups -OCH3 is 1. The molecule has 12 heteroatoms. The van der Waals surface area contributed by atoms with Crippen molar-refractivity contribution in [3.8, 4) is 34.6 Å². The molecule has 3 heterocycles. The number of amides is 1. The number of fused-ring (bicyclic) bond motifs is 1. The lowest BCUT2D eigenvalue weighted by Crippen LogP contribution is -2.40. The lowest BCUT2D eigenvalue weighted by molar-refractivity contribution is -0.128. The lowest BCUT2D eigenvalue weighted by Gasteiger charge is -2.32. The van der Waals surface area contributed by atoms with Crippen LogP contribution in [0.3, 0.4) is 0 Å². The molecule has 5 rings (SSSR count). The average molecular weight is 621 g/mol. The molecule has 222 valence electrons. The van der Waals surface area contributed by atoms with Crippen LogP contribution in [0.5, 0.6) is 17.2 Å². The summed E-state index contributed by atoms with van der Waals surface area (Å²) in [6, 6.07) is 12.5. The Bertz CT molecular complexity index is 1760. The summed E-state index contributed by atoms with van der Waals surface area (Å²) < 4.78 is 13.5. The number of anilines is 1. The molecule has 0 saturated carbocycles. The van der Waals surface area contributed by atoms with Gasteiger partial charge in [0, 0.05) is 24.7 Å². The van der Waals surface area contributed by atoms with E-state index in [9.17, 15) is 10.1 Å². The van der Waals surface area contributed by atoms with E-state index >= 15 is 0 Å². The van der Waals surface area contributed by atoms with E-state index in [1.807, 2.05) is 37.6 Å². The molecule has 1 amide bonds. The van der Waals surface area contributed by atoms with E-state index in [1.54, 1.807) is 42.4 Å². The molecular weight excluding hydrogens is 589 g/mol. The number of aromatic nitrogens is 4. The third-order valence-electron chi connectivity index (χ3n) is 7.10. The number of benzene rings is 2. The fourth-order valence-corrected chi connectivity index (χ4v) is 5.37. The molecule has 0 unspecified atom stereocenters. The third-order valence-corrected chi connectivity index (χ3v) is 7.84. The van der Waals surface area contributed by atoms with Crippen molar-refractivity contribution in [3.63, 3.8) is 0 Å². The highest BCUT2D eigenvalue weighted by atomic mass is 35.5. The number of nitrogens with two attached hydrogens (primary N) is 1. The third kappa shape index (κ3) is 6.38. The van der Waals surface area contributed by atoms with E-state index in [0.717, 1.165) is 5.56 Å². The maximum Gasteiger partial charge on any atom is 0.264 e. The largest absolute Gasteiger partial charge is 0.493 e. The summed E-state index contributed by atoms with van der Waals surface area (Å²) in [7, 11) is 1.55. The number of carbonyl (C=O) groups is 1. The van der Waals surface area contributed by atoms with Gasteiger partial charge < -0.3 is 20.1 Å². The molecule has 1 aliphatic heterocycles. The molecule has 0 radical (unpaired) electrons. The van der Waals surface area contributed by atoms with Gasteiger partial charge in [-0.2, -0.15) is 10.4 Å². The summed E-state index contributed by atoms with van der Waals surface area (Å²) in [4.78, 5) is 23.5. The highest BCUT2D eigenvalue weighted by molar-refractivity contribution is 6.42. The Labute approximate surface area is 259 Å². The van der Waals surface area contributed by atoms with Crippen LogP contribution in [0.15, 0.2) is 54.4 Å². The molecule has 1 saturated heterocycles. The van der Waals surface area contributed by atoms with Gasteiger partial charge >= 0.3 is 0 Å². The highest BCUT2D eigenvalue weighted by Gasteiger charge is 2.30. The SMILES string of the molecule is COc1cc(-c2nn(C3CCN(C(=O)C(C#N)=CC(C)(C)C)CC3)c3ncnc(N)c23)ccc1Oc1ccc(Cl)c(Cl)c1. The maximum atomic E-state index is 13.1. The summed E-state index contributed by atoms with van der Waals surface area (Å²) in [6.45, 7) is 6.86. The van der Waals surface area contributed by atoms with E-state index in [1.165, 1.54) is 6.33 Å². The summed E-state index contributed by atoms with van der Waals surface area (Å²) in [6.07, 6.45) is 4.42. The standard InChI is InChI=1S/C31H31Cl2N7O3/c1-31(2,3)15-19(16-34)30(41)39-11-9-20(10-12-39)40-29-26(28(35)36-17-37-29)27(38-40)18-5-8-24(25(13-18)42-4)43-21-6-7-22(32)23(33)14-21/h5-8,13-15,17,20H,9-12H2,1-4H3,(H2,35,36,37). The van der Waals surface area contributed by atoms with Gasteiger partial charge in [0.1, 0.15) is 35.2 Å². The van der Waals surface area contributed by atoms with Crippen molar-refractivity contribution in [3.05, 3.63) is 64.4 Å². The Balaban J connectivity index is 1.43. The lowest BCUT2D eigenvalue weighted by atomic mass is 9.93. The van der Waals surface area contributed by atoms with E-state index in [0.29, 0.717) is 75.8 Å². The van der Waals surface area contributed by atoms with Crippen LogP contribution in [0.25, 0.3) is 22.3 Å². The molecule has 1 fully saturated rings. The number of likely N-dealkylation sites (tertiary alicyclic amines) is 1. The van der Waals surface area contributed by atoms with E-state index in [-0.39, 0.29) is 22.9 Å². The number of nitrogens with zero attached hydrogens (tertiary/aromatic N) is 6. The molecule has 2 aromatic heterocycles. The first-order chi connectivity index (χ1) is 20.5. The monoisotopic (exact) mass is 619 g/mol. The highest BCUT2D eigenvalue weighted by Crippen LogP contribution is 2.40. The van der Waals surface area contributed by atoms with Gasteiger partial charge in [-0.05, 0) is 48.6 Å². The van der Waals surface area contributed by atoms with E-state index in [4.69, 9.17) is 43.5 Å². The van der Waals surface area contributed by atoms with E-state index in [2.05, 4.69) is 16.0 Å². The van der Waals surface area contributed by atoms with Crippen molar-refractivity contribution in [2.24, 2.45) is 5.41 Å². The van der Waals surface area contributed by atoms with Gasteiger partial charge in [0.25, 0.3) is 5.91 Å². The minimum absolute atomic E-state index is 0.0362. The number of hydrogen-bond acceptors (Lipinski definition) is 8. The van der Waals surface area contributed by atoms with Crippen molar-refractivity contribution in [1.82, 2.24) is 24.6 Å². The van der Waals surface area contributed by atoms with Gasteiger partial charge in [0.2, 0.25) is 0 Å². The number of nitriles is 1. The molecular formula is C31H31Cl2N7O3. The molecule has 2 N–H and O–H groups in total. The molecule has 0 atom stereocenters. The second-order valence-corrected chi connectivity index (χ2v) is 12.2. The first-order valence-corrected chi connectivity index (χ1v) is 14.5. The van der Waals surface area contributed by atoms with Gasteiger partial charge in [-0.15, -0.1) is 0 Å². The van der Waals surface area contributed by atoms with Crippen LogP contribution in [0, 0.1) is 16.7 Å². The smallest absolute Gasteiger partial charge is 0.264 e. The van der Waals surface area contributed by atoms with E-state index < -0.39 is 0 Å². The zero-order chi connectivity index (χ0) is 30.9. The maximum absolute atomic E-state index is 13.1. The van der Waals surface area contributed by atoms with Crippen LogP contribution in [0.2, 0.25) is 10.0 Å². The minimum Gasteiger partial charge on any atom is -0.493 e. The predicted molar refractivity (Wildman–Crippen MR) is 166 cm³/mol. The summed E-state index contributed by atoms with van der Waals surface area (Å²) in [5.74, 6) is 1.52. The predicted octanol–water partition coefficient (Wildman–Crippen LogP) is 6.84. The first-order valence-electron chi connectivity index (χ1n) is 13.7. The quantitative estimate of drug-likeness (QED) is 0.183. The van der Waals surface area contributed by atoms with Crippen LogP contribution in [0.4, 0.5) is 5.82 Å². The zero-order valence-electron chi connectivity index (χ0n) is 24.3. The number of piperidine rings is 1. The zero-order valence-corrected chi connectivity index (χ0v) is 25.8.